The maximum Gasteiger partial charge on any atom is 0.290 e. The van der Waals surface area contributed by atoms with Crippen LogP contribution in [-0.4, -0.2) is 107 Å². The first kappa shape index (κ1) is 35.0. The summed E-state index contributed by atoms with van der Waals surface area (Å²) in [5, 5.41) is 29.6. The second kappa shape index (κ2) is 16.3. The van der Waals surface area contributed by atoms with Gasteiger partial charge in [0.05, 0.1) is 32.4 Å². The van der Waals surface area contributed by atoms with Crippen LogP contribution in [0.15, 0.2) is 65.2 Å². The SMILES string of the molecule is C[C@@H]1NC(=O)[C@H](CO)NC(=O)[C@@H](NC(=O)c2cc(N3CCOCC3)no2)Cc2ccc(cc2)OCCNC(=O)Cn2nc(-c3ccccc3)nc21. The lowest BCUT2D eigenvalue weighted by Crippen LogP contribution is -2.55. The molecule has 0 radical (unpaired) electrons. The van der Waals surface area contributed by atoms with Crippen molar-refractivity contribution in [1.29, 1.82) is 0 Å². The number of fused-ring (bicyclic) bond motifs is 14. The van der Waals surface area contributed by atoms with Crippen molar-refractivity contribution in [1.82, 2.24) is 41.2 Å². The zero-order valence-electron chi connectivity index (χ0n) is 27.9. The molecule has 3 aliphatic rings. The summed E-state index contributed by atoms with van der Waals surface area (Å²) in [7, 11) is 0. The summed E-state index contributed by atoms with van der Waals surface area (Å²) in [6.45, 7) is 3.32. The summed E-state index contributed by atoms with van der Waals surface area (Å²) in [5.41, 5.74) is 1.38. The maximum atomic E-state index is 13.7. The molecule has 2 bridgehead atoms. The molecule has 17 heteroatoms. The first-order valence-electron chi connectivity index (χ1n) is 16.6. The lowest BCUT2D eigenvalue weighted by atomic mass is 10.0. The molecular formula is C34H39N9O8. The van der Waals surface area contributed by atoms with E-state index in [4.69, 9.17) is 14.0 Å². The summed E-state index contributed by atoms with van der Waals surface area (Å²) >= 11 is 0. The third-order valence-corrected chi connectivity index (χ3v) is 8.32. The zero-order valence-corrected chi connectivity index (χ0v) is 27.9. The number of rotatable bonds is 5. The van der Waals surface area contributed by atoms with Crippen molar-refractivity contribution in [3.63, 3.8) is 0 Å². The van der Waals surface area contributed by atoms with Crippen LogP contribution in [0.4, 0.5) is 5.82 Å². The number of morpholine rings is 1. The lowest BCUT2D eigenvalue weighted by molar-refractivity contribution is -0.131. The average Bonchev–Trinajstić information content (AvgIpc) is 3.81. The van der Waals surface area contributed by atoms with E-state index in [0.29, 0.717) is 54.8 Å². The van der Waals surface area contributed by atoms with Gasteiger partial charge in [-0.05, 0) is 24.6 Å². The number of nitrogens with one attached hydrogen (secondary N) is 4. The summed E-state index contributed by atoms with van der Waals surface area (Å²) < 4.78 is 17.9. The number of nitrogens with zero attached hydrogens (tertiary/aromatic N) is 5. The highest BCUT2D eigenvalue weighted by Crippen LogP contribution is 2.20. The fourth-order valence-corrected chi connectivity index (χ4v) is 5.61. The number of benzene rings is 2. The molecule has 7 rings (SSSR count). The fourth-order valence-electron chi connectivity index (χ4n) is 5.61. The van der Waals surface area contributed by atoms with E-state index in [1.54, 1.807) is 31.2 Å². The van der Waals surface area contributed by atoms with Gasteiger partial charge in [-0.2, -0.15) is 5.10 Å². The van der Waals surface area contributed by atoms with Gasteiger partial charge >= 0.3 is 0 Å². The standard InChI is InChI=1S/C34H39N9O8/c1-21-31-39-30(23-5-3-2-4-6-23)40-43(31)19-29(45)35-11-14-50-24-9-7-22(8-10-24)17-25(32(46)38-26(20-44)33(47)36-21)37-34(48)27-18-28(41-51-27)42-12-15-49-16-13-42/h2-10,18,21,25-26,44H,11-17,19-20H2,1H3,(H,35,45)(H,36,47)(H,37,48)(H,38,46)/t21-,25-,26-/m0/s1. The molecule has 17 nitrogen and oxygen atoms in total. The van der Waals surface area contributed by atoms with E-state index in [2.05, 4.69) is 36.5 Å². The van der Waals surface area contributed by atoms with Crippen molar-refractivity contribution >= 4 is 29.4 Å². The predicted molar refractivity (Wildman–Crippen MR) is 180 cm³/mol. The highest BCUT2D eigenvalue weighted by atomic mass is 16.5. The van der Waals surface area contributed by atoms with Crippen LogP contribution in [0, 0.1) is 0 Å². The van der Waals surface area contributed by atoms with Gasteiger partial charge in [0.2, 0.25) is 23.5 Å². The van der Waals surface area contributed by atoms with Crippen LogP contribution in [0.2, 0.25) is 0 Å². The molecule has 4 amide bonds. The van der Waals surface area contributed by atoms with Gasteiger partial charge in [0, 0.05) is 31.1 Å². The normalized spacial score (nSPS) is 20.7. The molecule has 0 aliphatic carbocycles. The van der Waals surface area contributed by atoms with Crippen LogP contribution in [0.25, 0.3) is 11.4 Å². The number of carbonyl (C=O) groups is 4. The Morgan fingerprint density at radius 3 is 2.51 bits per heavy atom. The van der Waals surface area contributed by atoms with Gasteiger partial charge in [0.15, 0.2) is 11.6 Å². The molecule has 51 heavy (non-hydrogen) atoms. The number of hydrogen-bond acceptors (Lipinski definition) is 12. The third-order valence-electron chi connectivity index (χ3n) is 8.32. The van der Waals surface area contributed by atoms with Crippen molar-refractivity contribution in [2.45, 2.75) is 38.0 Å². The molecule has 3 atom stereocenters. The van der Waals surface area contributed by atoms with Gasteiger partial charge in [-0.15, -0.1) is 0 Å². The van der Waals surface area contributed by atoms with E-state index in [9.17, 15) is 24.3 Å². The molecule has 5 N–H and O–H groups in total. The molecule has 0 saturated carbocycles. The topological polar surface area (TPSA) is 215 Å². The minimum atomic E-state index is -1.40. The van der Waals surface area contributed by atoms with Crippen LogP contribution < -0.4 is 30.9 Å². The fraction of sp³-hybridized carbons (Fsp3) is 0.382. The highest BCUT2D eigenvalue weighted by Gasteiger charge is 2.30. The Labute approximate surface area is 292 Å². The van der Waals surface area contributed by atoms with Crippen molar-refractivity contribution in [3.05, 3.63) is 77.8 Å². The largest absolute Gasteiger partial charge is 0.492 e. The van der Waals surface area contributed by atoms with E-state index in [1.165, 1.54) is 10.7 Å². The van der Waals surface area contributed by atoms with Crippen LogP contribution in [0.3, 0.4) is 0 Å². The number of anilines is 1. The quantitative estimate of drug-likeness (QED) is 0.186. The first-order chi connectivity index (χ1) is 24.8. The van der Waals surface area contributed by atoms with Crippen LogP contribution in [0.5, 0.6) is 5.75 Å². The molecule has 0 spiro atoms. The number of aromatic nitrogens is 4. The molecular weight excluding hydrogens is 662 g/mol. The van der Waals surface area contributed by atoms with E-state index in [1.807, 2.05) is 35.2 Å². The number of ether oxygens (including phenoxy) is 2. The lowest BCUT2D eigenvalue weighted by Gasteiger charge is -2.25. The number of carbonyl (C=O) groups excluding carboxylic acids is 4. The molecule has 1 saturated heterocycles. The molecule has 3 aliphatic heterocycles. The molecule has 2 aromatic heterocycles. The van der Waals surface area contributed by atoms with Gasteiger partial charge in [-0.1, -0.05) is 47.6 Å². The number of aliphatic hydroxyl groups is 1. The summed E-state index contributed by atoms with van der Waals surface area (Å²) in [5.74, 6) is -0.952. The molecule has 268 valence electrons. The van der Waals surface area contributed by atoms with Gasteiger partial charge in [0.25, 0.3) is 5.91 Å². The summed E-state index contributed by atoms with van der Waals surface area (Å²) in [6, 6.07) is 14.1. The average molecular weight is 702 g/mol. The number of amides is 4. The summed E-state index contributed by atoms with van der Waals surface area (Å²) in [6.07, 6.45) is 0.0277. The monoisotopic (exact) mass is 701 g/mol. The minimum absolute atomic E-state index is 0.0277. The Bertz CT molecular complexity index is 1820. The van der Waals surface area contributed by atoms with Gasteiger partial charge in [-0.3, -0.25) is 19.2 Å². The predicted octanol–water partition coefficient (Wildman–Crippen LogP) is -0.0261. The zero-order chi connectivity index (χ0) is 35.7. The smallest absolute Gasteiger partial charge is 0.290 e. The van der Waals surface area contributed by atoms with Gasteiger partial charge < -0.3 is 45.3 Å². The maximum absolute atomic E-state index is 13.7. The molecule has 0 unspecified atom stereocenters. The van der Waals surface area contributed by atoms with Crippen LogP contribution in [0.1, 0.15) is 34.9 Å². The Kier molecular flexibility index (Phi) is 11.2. The number of hydrogen-bond donors (Lipinski definition) is 5. The Balaban J connectivity index is 1.24. The second-order valence-electron chi connectivity index (χ2n) is 12.0. The number of aliphatic hydroxyl groups excluding tert-OH is 1. The van der Waals surface area contributed by atoms with Crippen molar-refractivity contribution in [2.24, 2.45) is 0 Å². The van der Waals surface area contributed by atoms with E-state index < -0.39 is 42.5 Å². The van der Waals surface area contributed by atoms with E-state index in [0.717, 1.165) is 0 Å². The summed E-state index contributed by atoms with van der Waals surface area (Å²) in [4.78, 5) is 60.0. The first-order valence-corrected chi connectivity index (χ1v) is 16.6. The van der Waals surface area contributed by atoms with Crippen LogP contribution in [-0.2, 0) is 32.1 Å². The Morgan fingerprint density at radius 1 is 1.00 bits per heavy atom. The molecule has 1 fully saturated rings. The third kappa shape index (κ3) is 8.87. The van der Waals surface area contributed by atoms with E-state index >= 15 is 0 Å². The Morgan fingerprint density at radius 2 is 1.76 bits per heavy atom. The van der Waals surface area contributed by atoms with Crippen molar-refractivity contribution < 1.29 is 38.3 Å². The van der Waals surface area contributed by atoms with Crippen molar-refractivity contribution in [2.75, 3.05) is 51.0 Å². The van der Waals surface area contributed by atoms with Crippen molar-refractivity contribution in [3.8, 4) is 17.1 Å². The van der Waals surface area contributed by atoms with Gasteiger partial charge in [0.1, 0.15) is 36.8 Å². The molecule has 2 aromatic carbocycles. The van der Waals surface area contributed by atoms with E-state index in [-0.39, 0.29) is 43.6 Å². The minimum Gasteiger partial charge on any atom is -0.492 e. The highest BCUT2D eigenvalue weighted by molar-refractivity contribution is 5.97. The molecule has 5 heterocycles. The van der Waals surface area contributed by atoms with Crippen LogP contribution >= 0.6 is 0 Å². The molecule has 4 aromatic rings. The second-order valence-corrected chi connectivity index (χ2v) is 12.0. The Hall–Kier alpha value is -5.81. The van der Waals surface area contributed by atoms with Gasteiger partial charge in [-0.25, -0.2) is 9.67 Å².